The van der Waals surface area contributed by atoms with Gasteiger partial charge in [0, 0.05) is 35.6 Å². The van der Waals surface area contributed by atoms with Crippen LogP contribution < -0.4 is 16.8 Å². The largest absolute Gasteiger partial charge is 0.378 e. The Morgan fingerprint density at radius 1 is 1.18 bits per heavy atom. The number of rotatable bonds is 8. The van der Waals surface area contributed by atoms with Crippen molar-refractivity contribution in [2.75, 3.05) is 26.3 Å². The fraction of sp³-hybridized carbons (Fsp3) is 0.250. The van der Waals surface area contributed by atoms with Crippen molar-refractivity contribution in [2.24, 2.45) is 11.5 Å². The Morgan fingerprint density at radius 2 is 1.89 bits per heavy atom. The summed E-state index contributed by atoms with van der Waals surface area (Å²) in [5.41, 5.74) is 14.1. The second-order valence-corrected chi connectivity index (χ2v) is 6.26. The number of nitrogens with one attached hydrogen (secondary N) is 2. The molecule has 0 spiro atoms. The van der Waals surface area contributed by atoms with Gasteiger partial charge in [0.1, 0.15) is 11.5 Å². The molecular formula is C20H24ClFN4O2. The number of amides is 1. The standard InChI is InChI=1S/C20H23FN4O2.ClH/c21-14-7-5-13(6-8-14)18-16-3-1-2-4-17(16)25-19(18)20(26)24-11-15(23)12-27-10-9-22;/h1-8,15,25H,9-12,22-23H2,(H,24,26);1H/t15-;/m1./s1. The molecule has 2 aromatic carbocycles. The number of carbonyl (C=O) groups excluding carboxylic acids is 1. The summed E-state index contributed by atoms with van der Waals surface area (Å²) in [5, 5.41) is 3.72. The lowest BCUT2D eigenvalue weighted by Gasteiger charge is -2.13. The van der Waals surface area contributed by atoms with Gasteiger partial charge < -0.3 is 26.5 Å². The molecule has 6 nitrogen and oxygen atoms in total. The Hall–Kier alpha value is -2.45. The van der Waals surface area contributed by atoms with Gasteiger partial charge in [-0.3, -0.25) is 4.79 Å². The minimum atomic E-state index is -0.334. The highest BCUT2D eigenvalue weighted by atomic mass is 35.5. The van der Waals surface area contributed by atoms with Crippen molar-refractivity contribution in [3.05, 3.63) is 60.0 Å². The number of aromatic nitrogens is 1. The summed E-state index contributed by atoms with van der Waals surface area (Å²) in [6.07, 6.45) is 0. The van der Waals surface area contributed by atoms with Crippen LogP contribution in [0.25, 0.3) is 22.0 Å². The van der Waals surface area contributed by atoms with Crippen LogP contribution in [0.5, 0.6) is 0 Å². The second-order valence-electron chi connectivity index (χ2n) is 6.26. The molecule has 1 heterocycles. The topological polar surface area (TPSA) is 106 Å². The van der Waals surface area contributed by atoms with Gasteiger partial charge in [-0.1, -0.05) is 30.3 Å². The molecule has 0 aliphatic carbocycles. The van der Waals surface area contributed by atoms with Gasteiger partial charge in [-0.15, -0.1) is 12.4 Å². The van der Waals surface area contributed by atoms with Gasteiger partial charge in [-0.2, -0.15) is 0 Å². The second kappa shape index (κ2) is 10.2. The van der Waals surface area contributed by atoms with E-state index in [0.29, 0.717) is 25.5 Å². The van der Waals surface area contributed by atoms with Gasteiger partial charge in [0.15, 0.2) is 0 Å². The van der Waals surface area contributed by atoms with Crippen LogP contribution in [0.1, 0.15) is 10.5 Å². The lowest BCUT2D eigenvalue weighted by atomic mass is 10.0. The third-order valence-corrected chi connectivity index (χ3v) is 4.18. The fourth-order valence-corrected chi connectivity index (χ4v) is 2.92. The van der Waals surface area contributed by atoms with E-state index in [1.807, 2.05) is 24.3 Å². The van der Waals surface area contributed by atoms with E-state index in [-0.39, 0.29) is 36.7 Å². The average molecular weight is 407 g/mol. The number of ether oxygens (including phenoxy) is 1. The number of hydrogen-bond donors (Lipinski definition) is 4. The number of benzene rings is 2. The highest BCUT2D eigenvalue weighted by Crippen LogP contribution is 2.32. The lowest BCUT2D eigenvalue weighted by molar-refractivity contribution is 0.0929. The van der Waals surface area contributed by atoms with E-state index in [0.717, 1.165) is 22.0 Å². The van der Waals surface area contributed by atoms with Crippen LogP contribution in [0, 0.1) is 5.82 Å². The zero-order chi connectivity index (χ0) is 19.2. The molecule has 3 rings (SSSR count). The van der Waals surface area contributed by atoms with Crippen molar-refractivity contribution >= 4 is 29.2 Å². The molecule has 3 aromatic rings. The molecule has 0 saturated heterocycles. The van der Waals surface area contributed by atoms with Crippen molar-refractivity contribution in [1.29, 1.82) is 0 Å². The van der Waals surface area contributed by atoms with Crippen molar-refractivity contribution in [3.8, 4) is 11.1 Å². The van der Waals surface area contributed by atoms with Crippen LogP contribution in [-0.4, -0.2) is 43.2 Å². The van der Waals surface area contributed by atoms with E-state index in [4.69, 9.17) is 16.2 Å². The first kappa shape index (κ1) is 21.8. The Bertz CT molecular complexity index is 914. The Labute approximate surface area is 168 Å². The quantitative estimate of drug-likeness (QED) is 0.431. The first-order valence-corrected chi connectivity index (χ1v) is 8.78. The predicted octanol–water partition coefficient (Wildman–Crippen LogP) is 2.43. The molecule has 6 N–H and O–H groups in total. The zero-order valence-electron chi connectivity index (χ0n) is 15.3. The highest BCUT2D eigenvalue weighted by Gasteiger charge is 2.19. The maximum atomic E-state index is 13.3. The third kappa shape index (κ3) is 5.08. The lowest BCUT2D eigenvalue weighted by Crippen LogP contribution is -2.40. The number of carbonyl (C=O) groups is 1. The number of halogens is 2. The molecule has 0 aliphatic heterocycles. The average Bonchev–Trinajstić information content (AvgIpc) is 3.06. The monoisotopic (exact) mass is 406 g/mol. The van der Waals surface area contributed by atoms with Crippen LogP contribution in [0.15, 0.2) is 48.5 Å². The summed E-state index contributed by atoms with van der Waals surface area (Å²) in [6, 6.07) is 13.4. The van der Waals surface area contributed by atoms with Crippen LogP contribution >= 0.6 is 12.4 Å². The molecule has 150 valence electrons. The number of nitrogens with two attached hydrogens (primary N) is 2. The smallest absolute Gasteiger partial charge is 0.268 e. The number of H-pyrrole nitrogens is 1. The summed E-state index contributed by atoms with van der Waals surface area (Å²) in [5.74, 6) is -0.604. The molecule has 0 radical (unpaired) electrons. The number of fused-ring (bicyclic) bond motifs is 1. The van der Waals surface area contributed by atoms with Gasteiger partial charge in [0.25, 0.3) is 5.91 Å². The number of para-hydroxylation sites is 1. The third-order valence-electron chi connectivity index (χ3n) is 4.18. The van der Waals surface area contributed by atoms with Gasteiger partial charge in [-0.05, 0) is 23.8 Å². The molecule has 0 aliphatic rings. The Morgan fingerprint density at radius 3 is 2.61 bits per heavy atom. The zero-order valence-corrected chi connectivity index (χ0v) is 16.1. The van der Waals surface area contributed by atoms with Gasteiger partial charge in [0.05, 0.1) is 13.2 Å². The minimum absolute atomic E-state index is 0. The van der Waals surface area contributed by atoms with Gasteiger partial charge in [-0.25, -0.2) is 4.39 Å². The SMILES string of the molecule is Cl.NCCOC[C@H](N)CNC(=O)c1[nH]c2ccccc2c1-c1ccc(F)cc1. The van der Waals surface area contributed by atoms with Crippen LogP contribution in [-0.2, 0) is 4.74 Å². The van der Waals surface area contributed by atoms with Gasteiger partial charge >= 0.3 is 0 Å². The predicted molar refractivity (Wildman–Crippen MR) is 111 cm³/mol. The summed E-state index contributed by atoms with van der Waals surface area (Å²) < 4.78 is 18.6. The summed E-state index contributed by atoms with van der Waals surface area (Å²) in [7, 11) is 0. The molecular weight excluding hydrogens is 383 g/mol. The minimum Gasteiger partial charge on any atom is -0.378 e. The van der Waals surface area contributed by atoms with Crippen LogP contribution in [0.2, 0.25) is 0 Å². The van der Waals surface area contributed by atoms with Crippen molar-refractivity contribution in [3.63, 3.8) is 0 Å². The van der Waals surface area contributed by atoms with E-state index < -0.39 is 0 Å². The fourth-order valence-electron chi connectivity index (χ4n) is 2.92. The molecule has 1 amide bonds. The summed E-state index contributed by atoms with van der Waals surface area (Å²) in [6.45, 7) is 1.43. The van der Waals surface area contributed by atoms with Crippen molar-refractivity contribution < 1.29 is 13.9 Å². The maximum absolute atomic E-state index is 13.3. The van der Waals surface area contributed by atoms with Crippen molar-refractivity contribution in [2.45, 2.75) is 6.04 Å². The Balaban J connectivity index is 0.00000280. The summed E-state index contributed by atoms with van der Waals surface area (Å²) in [4.78, 5) is 15.9. The highest BCUT2D eigenvalue weighted by molar-refractivity contribution is 6.09. The van der Waals surface area contributed by atoms with Crippen LogP contribution in [0.4, 0.5) is 4.39 Å². The molecule has 0 saturated carbocycles. The molecule has 0 fully saturated rings. The van der Waals surface area contributed by atoms with Crippen molar-refractivity contribution in [1.82, 2.24) is 10.3 Å². The summed E-state index contributed by atoms with van der Waals surface area (Å²) >= 11 is 0. The molecule has 8 heteroatoms. The number of aromatic amines is 1. The molecule has 0 unspecified atom stereocenters. The van der Waals surface area contributed by atoms with E-state index in [2.05, 4.69) is 10.3 Å². The van der Waals surface area contributed by atoms with E-state index in [9.17, 15) is 9.18 Å². The maximum Gasteiger partial charge on any atom is 0.268 e. The number of hydrogen-bond acceptors (Lipinski definition) is 4. The first-order valence-electron chi connectivity index (χ1n) is 8.78. The van der Waals surface area contributed by atoms with E-state index in [1.165, 1.54) is 12.1 Å². The first-order chi connectivity index (χ1) is 13.1. The Kier molecular flexibility index (Phi) is 7.95. The van der Waals surface area contributed by atoms with E-state index in [1.54, 1.807) is 12.1 Å². The van der Waals surface area contributed by atoms with Crippen LogP contribution in [0.3, 0.4) is 0 Å². The van der Waals surface area contributed by atoms with Gasteiger partial charge in [0.2, 0.25) is 0 Å². The van der Waals surface area contributed by atoms with E-state index >= 15 is 0 Å². The molecule has 1 aromatic heterocycles. The molecule has 0 bridgehead atoms. The molecule has 28 heavy (non-hydrogen) atoms. The molecule has 1 atom stereocenters. The normalized spacial score (nSPS) is 11.8.